The summed E-state index contributed by atoms with van der Waals surface area (Å²) in [6, 6.07) is 19.4. The van der Waals surface area contributed by atoms with Crippen LogP contribution in [-0.2, 0) is 0 Å². The first-order chi connectivity index (χ1) is 13.0. The number of nitro groups is 1. The average molecular weight is 364 g/mol. The molecule has 0 bridgehead atoms. The van der Waals surface area contributed by atoms with Gasteiger partial charge in [-0.1, -0.05) is 0 Å². The molecule has 1 amide bonds. The quantitative estimate of drug-likeness (QED) is 0.508. The van der Waals surface area contributed by atoms with Crippen LogP contribution in [0, 0.1) is 10.1 Å². The molecule has 0 radical (unpaired) electrons. The third kappa shape index (κ3) is 4.60. The van der Waals surface area contributed by atoms with E-state index in [1.54, 1.807) is 55.6 Å². The molecular formula is C20H16N2O5. The molecule has 0 aliphatic carbocycles. The van der Waals surface area contributed by atoms with E-state index in [4.69, 9.17) is 9.47 Å². The summed E-state index contributed by atoms with van der Waals surface area (Å²) in [6.07, 6.45) is 0. The van der Waals surface area contributed by atoms with Crippen LogP contribution in [0.25, 0.3) is 0 Å². The van der Waals surface area contributed by atoms with Gasteiger partial charge >= 0.3 is 0 Å². The van der Waals surface area contributed by atoms with Crippen LogP contribution < -0.4 is 14.8 Å². The van der Waals surface area contributed by atoms with Crippen molar-refractivity contribution >= 4 is 17.3 Å². The van der Waals surface area contributed by atoms with Crippen LogP contribution in [-0.4, -0.2) is 17.9 Å². The van der Waals surface area contributed by atoms with Crippen molar-refractivity contribution in [3.05, 3.63) is 88.5 Å². The molecule has 0 aliphatic heterocycles. The van der Waals surface area contributed by atoms with E-state index >= 15 is 0 Å². The zero-order chi connectivity index (χ0) is 19.2. The maximum atomic E-state index is 12.3. The summed E-state index contributed by atoms with van der Waals surface area (Å²) < 4.78 is 10.7. The fourth-order valence-electron chi connectivity index (χ4n) is 2.32. The number of carbonyl (C=O) groups excluding carboxylic acids is 1. The van der Waals surface area contributed by atoms with Gasteiger partial charge in [-0.05, 0) is 60.7 Å². The molecular weight excluding hydrogens is 348 g/mol. The lowest BCUT2D eigenvalue weighted by atomic mass is 10.2. The molecule has 3 aromatic rings. The van der Waals surface area contributed by atoms with E-state index < -0.39 is 4.92 Å². The highest BCUT2D eigenvalue weighted by molar-refractivity contribution is 6.04. The van der Waals surface area contributed by atoms with E-state index in [0.717, 1.165) is 0 Å². The first kappa shape index (κ1) is 17.9. The van der Waals surface area contributed by atoms with Crippen molar-refractivity contribution in [2.75, 3.05) is 12.4 Å². The molecule has 0 unspecified atom stereocenters. The number of nitrogens with one attached hydrogen (secondary N) is 1. The third-order valence-corrected chi connectivity index (χ3v) is 3.75. The maximum Gasteiger partial charge on any atom is 0.269 e. The molecule has 0 aliphatic rings. The molecule has 3 rings (SSSR count). The Kier molecular flexibility index (Phi) is 5.32. The van der Waals surface area contributed by atoms with Crippen molar-refractivity contribution in [1.29, 1.82) is 0 Å². The van der Waals surface area contributed by atoms with Gasteiger partial charge in [-0.25, -0.2) is 0 Å². The zero-order valence-electron chi connectivity index (χ0n) is 14.4. The third-order valence-electron chi connectivity index (χ3n) is 3.75. The second-order valence-electron chi connectivity index (χ2n) is 5.56. The van der Waals surface area contributed by atoms with Gasteiger partial charge in [0.2, 0.25) is 0 Å². The number of ether oxygens (including phenoxy) is 2. The molecule has 0 heterocycles. The van der Waals surface area contributed by atoms with E-state index in [-0.39, 0.29) is 11.6 Å². The number of anilines is 1. The first-order valence-corrected chi connectivity index (χ1v) is 8.03. The molecule has 136 valence electrons. The first-order valence-electron chi connectivity index (χ1n) is 8.03. The summed E-state index contributed by atoms with van der Waals surface area (Å²) in [4.78, 5) is 22.5. The Bertz CT molecular complexity index is 936. The van der Waals surface area contributed by atoms with Crippen LogP contribution in [0.5, 0.6) is 17.2 Å². The molecule has 0 fully saturated rings. The summed E-state index contributed by atoms with van der Waals surface area (Å²) in [7, 11) is 1.58. The Balaban J connectivity index is 1.63. The van der Waals surface area contributed by atoms with Gasteiger partial charge in [0.25, 0.3) is 11.6 Å². The summed E-state index contributed by atoms with van der Waals surface area (Å²) >= 11 is 0. The maximum absolute atomic E-state index is 12.3. The number of non-ortho nitro benzene ring substituents is 1. The fourth-order valence-corrected chi connectivity index (χ4v) is 2.32. The smallest absolute Gasteiger partial charge is 0.269 e. The van der Waals surface area contributed by atoms with E-state index in [1.165, 1.54) is 24.3 Å². The zero-order valence-corrected chi connectivity index (χ0v) is 14.4. The number of hydrogen-bond acceptors (Lipinski definition) is 5. The number of nitro benzene ring substituents is 1. The van der Waals surface area contributed by atoms with Crippen molar-refractivity contribution in [3.8, 4) is 17.2 Å². The van der Waals surface area contributed by atoms with E-state index in [1.807, 2.05) is 0 Å². The molecule has 0 spiro atoms. The normalized spacial score (nSPS) is 10.1. The van der Waals surface area contributed by atoms with Gasteiger partial charge < -0.3 is 14.8 Å². The lowest BCUT2D eigenvalue weighted by Crippen LogP contribution is -2.11. The largest absolute Gasteiger partial charge is 0.497 e. The van der Waals surface area contributed by atoms with Crippen LogP contribution in [0.15, 0.2) is 72.8 Å². The summed E-state index contributed by atoms with van der Waals surface area (Å²) in [6.45, 7) is 0. The van der Waals surface area contributed by atoms with Crippen molar-refractivity contribution < 1.29 is 19.2 Å². The second kappa shape index (κ2) is 8.01. The summed E-state index contributed by atoms with van der Waals surface area (Å²) in [5.74, 6) is 1.45. The Hall–Kier alpha value is -3.87. The van der Waals surface area contributed by atoms with Gasteiger partial charge in [-0.15, -0.1) is 0 Å². The molecule has 1 N–H and O–H groups in total. The minimum Gasteiger partial charge on any atom is -0.497 e. The summed E-state index contributed by atoms with van der Waals surface area (Å²) in [5, 5.41) is 13.5. The van der Waals surface area contributed by atoms with Crippen LogP contribution in [0.1, 0.15) is 10.4 Å². The van der Waals surface area contributed by atoms with E-state index in [9.17, 15) is 14.9 Å². The number of rotatable bonds is 6. The Morgan fingerprint density at radius 2 is 1.37 bits per heavy atom. The van der Waals surface area contributed by atoms with Crippen LogP contribution in [0.4, 0.5) is 11.4 Å². The highest BCUT2D eigenvalue weighted by atomic mass is 16.6. The highest BCUT2D eigenvalue weighted by Crippen LogP contribution is 2.24. The van der Waals surface area contributed by atoms with Gasteiger partial charge in [-0.2, -0.15) is 0 Å². The number of hydrogen-bond donors (Lipinski definition) is 1. The van der Waals surface area contributed by atoms with Crippen LogP contribution in [0.3, 0.4) is 0 Å². The van der Waals surface area contributed by atoms with Crippen molar-refractivity contribution in [3.63, 3.8) is 0 Å². The molecule has 7 heteroatoms. The molecule has 0 saturated heterocycles. The molecule has 3 aromatic carbocycles. The molecule has 0 atom stereocenters. The minimum atomic E-state index is -0.472. The standard InChI is InChI=1S/C20H16N2O5/c1-26-17-10-4-15(5-11-17)21-20(23)14-2-8-18(9-3-14)27-19-12-6-16(7-13-19)22(24)25/h2-13H,1H3,(H,21,23). The van der Waals surface area contributed by atoms with Gasteiger partial charge in [0.1, 0.15) is 17.2 Å². The van der Waals surface area contributed by atoms with Crippen LogP contribution in [0.2, 0.25) is 0 Å². The second-order valence-corrected chi connectivity index (χ2v) is 5.56. The van der Waals surface area contributed by atoms with Gasteiger partial charge in [0, 0.05) is 23.4 Å². The molecule has 0 saturated carbocycles. The van der Waals surface area contributed by atoms with Crippen molar-refractivity contribution in [2.45, 2.75) is 0 Å². The Morgan fingerprint density at radius 1 is 0.852 bits per heavy atom. The number of amides is 1. The lowest BCUT2D eigenvalue weighted by Gasteiger charge is -2.08. The molecule has 27 heavy (non-hydrogen) atoms. The van der Waals surface area contributed by atoms with Gasteiger partial charge in [0.15, 0.2) is 0 Å². The fraction of sp³-hybridized carbons (Fsp3) is 0.0500. The van der Waals surface area contributed by atoms with Crippen molar-refractivity contribution in [2.24, 2.45) is 0 Å². The number of carbonyl (C=O) groups is 1. The molecule has 0 aromatic heterocycles. The number of benzene rings is 3. The van der Waals surface area contributed by atoms with Gasteiger partial charge in [0.05, 0.1) is 12.0 Å². The minimum absolute atomic E-state index is 0.00657. The van der Waals surface area contributed by atoms with Crippen LogP contribution >= 0.6 is 0 Å². The number of nitrogens with zero attached hydrogens (tertiary/aromatic N) is 1. The highest BCUT2D eigenvalue weighted by Gasteiger charge is 2.08. The number of methoxy groups -OCH3 is 1. The monoisotopic (exact) mass is 364 g/mol. The molecule has 7 nitrogen and oxygen atoms in total. The predicted molar refractivity (Wildman–Crippen MR) is 101 cm³/mol. The van der Waals surface area contributed by atoms with Crippen molar-refractivity contribution in [1.82, 2.24) is 0 Å². The SMILES string of the molecule is COc1ccc(NC(=O)c2ccc(Oc3ccc([N+](=O)[O-])cc3)cc2)cc1. The Morgan fingerprint density at radius 3 is 1.89 bits per heavy atom. The lowest BCUT2D eigenvalue weighted by molar-refractivity contribution is -0.384. The van der Waals surface area contributed by atoms with E-state index in [2.05, 4.69) is 5.32 Å². The average Bonchev–Trinajstić information content (AvgIpc) is 2.69. The van der Waals surface area contributed by atoms with Gasteiger partial charge in [-0.3, -0.25) is 14.9 Å². The van der Waals surface area contributed by atoms with E-state index in [0.29, 0.717) is 28.5 Å². The summed E-state index contributed by atoms with van der Waals surface area (Å²) in [5.41, 5.74) is 1.13. The topological polar surface area (TPSA) is 90.7 Å². The predicted octanol–water partition coefficient (Wildman–Crippen LogP) is 4.65. The Labute approximate surface area is 155 Å².